The van der Waals surface area contributed by atoms with Crippen LogP contribution in [-0.2, 0) is 32.2 Å². The van der Waals surface area contributed by atoms with E-state index in [1.807, 2.05) is 25.3 Å². The maximum Gasteiger partial charge on any atom is 0.514 e. The quantitative estimate of drug-likeness (QED) is 0.223. The summed E-state index contributed by atoms with van der Waals surface area (Å²) in [6.45, 7) is 2.18. The number of hydrogen-bond acceptors (Lipinski definition) is 9. The number of rotatable bonds is 8. The van der Waals surface area contributed by atoms with E-state index >= 15 is 0 Å². The van der Waals surface area contributed by atoms with Crippen LogP contribution in [0.3, 0.4) is 0 Å². The van der Waals surface area contributed by atoms with Crippen LogP contribution in [0.1, 0.15) is 11.1 Å². The molecular formula is C21H21N3O8. The maximum atomic E-state index is 12.2. The molecule has 0 bridgehead atoms. The number of carbonyl (C=O) groups excluding carboxylic acids is 2. The molecule has 32 heavy (non-hydrogen) atoms. The Kier molecular flexibility index (Phi) is 7.00. The number of carbonyl (C=O) groups is 2. The normalized spacial score (nSPS) is 11.7. The van der Waals surface area contributed by atoms with Crippen LogP contribution < -0.4 is 4.74 Å². The van der Waals surface area contributed by atoms with Gasteiger partial charge in [0, 0.05) is 37.2 Å². The van der Waals surface area contributed by atoms with Crippen molar-refractivity contribution in [3.63, 3.8) is 0 Å². The first kappa shape index (κ1) is 22.7. The van der Waals surface area contributed by atoms with Crippen molar-refractivity contribution in [2.45, 2.75) is 26.2 Å². The second-order valence-corrected chi connectivity index (χ2v) is 6.87. The Bertz CT molecular complexity index is 1140. The fourth-order valence-electron chi connectivity index (χ4n) is 3.14. The molecule has 0 saturated carbocycles. The number of nitrogens with zero attached hydrogens (tertiary/aromatic N) is 3. The van der Waals surface area contributed by atoms with Gasteiger partial charge in [-0.25, -0.2) is 14.3 Å². The Labute approximate surface area is 182 Å². The van der Waals surface area contributed by atoms with E-state index in [4.69, 9.17) is 18.9 Å². The molecule has 1 heterocycles. The van der Waals surface area contributed by atoms with Crippen molar-refractivity contribution in [3.8, 4) is 5.75 Å². The van der Waals surface area contributed by atoms with Crippen molar-refractivity contribution in [1.29, 1.82) is 0 Å². The van der Waals surface area contributed by atoms with Gasteiger partial charge in [-0.3, -0.25) is 10.1 Å². The van der Waals surface area contributed by atoms with Crippen molar-refractivity contribution >= 4 is 28.7 Å². The van der Waals surface area contributed by atoms with Crippen molar-refractivity contribution in [3.05, 3.63) is 63.8 Å². The van der Waals surface area contributed by atoms with Gasteiger partial charge in [0.25, 0.3) is 5.69 Å². The molecule has 0 N–H and O–H groups in total. The third-order valence-corrected chi connectivity index (χ3v) is 4.54. The highest BCUT2D eigenvalue weighted by Crippen LogP contribution is 2.22. The molecule has 11 nitrogen and oxygen atoms in total. The number of fused-ring (bicyclic) bond motifs is 1. The molecule has 0 spiro atoms. The van der Waals surface area contributed by atoms with Gasteiger partial charge in [-0.1, -0.05) is 6.07 Å². The fraction of sp³-hybridized carbons (Fsp3) is 0.286. The summed E-state index contributed by atoms with van der Waals surface area (Å²) in [4.78, 5) is 34.5. The highest BCUT2D eigenvalue weighted by molar-refractivity contribution is 5.83. The minimum Gasteiger partial charge on any atom is -0.466 e. The Morgan fingerprint density at radius 2 is 1.91 bits per heavy atom. The number of aryl methyl sites for hydroxylation is 1. The first-order valence-corrected chi connectivity index (χ1v) is 9.47. The SMILES string of the molecule is COCn1cc2cc(C[C@@H](OC(=O)Oc3ccc([N+](=O)[O-])cc3)C(=O)OC)cc(C)c2n1. The predicted molar refractivity (Wildman–Crippen MR) is 111 cm³/mol. The zero-order valence-corrected chi connectivity index (χ0v) is 17.6. The van der Waals surface area contributed by atoms with Crippen LogP contribution in [0.5, 0.6) is 5.75 Å². The molecule has 0 radical (unpaired) electrons. The van der Waals surface area contributed by atoms with E-state index in [1.165, 1.54) is 31.4 Å². The Morgan fingerprint density at radius 1 is 1.19 bits per heavy atom. The van der Waals surface area contributed by atoms with E-state index in [-0.39, 0.29) is 17.9 Å². The zero-order valence-electron chi connectivity index (χ0n) is 17.6. The third kappa shape index (κ3) is 5.38. The lowest BCUT2D eigenvalue weighted by atomic mass is 10.0. The number of benzene rings is 2. The Balaban J connectivity index is 1.74. The average molecular weight is 443 g/mol. The highest BCUT2D eigenvalue weighted by Gasteiger charge is 2.26. The van der Waals surface area contributed by atoms with Gasteiger partial charge < -0.3 is 18.9 Å². The molecule has 0 fully saturated rings. The number of non-ortho nitro benzene ring substituents is 1. The molecular weight excluding hydrogens is 422 g/mol. The molecule has 3 rings (SSSR count). The van der Waals surface area contributed by atoms with E-state index in [1.54, 1.807) is 11.8 Å². The summed E-state index contributed by atoms with van der Waals surface area (Å²) < 4.78 is 21.7. The first-order chi connectivity index (χ1) is 15.3. The van der Waals surface area contributed by atoms with Gasteiger partial charge in [-0.15, -0.1) is 0 Å². The molecule has 0 aliphatic carbocycles. The van der Waals surface area contributed by atoms with E-state index < -0.39 is 23.2 Å². The van der Waals surface area contributed by atoms with Gasteiger partial charge in [-0.05, 0) is 36.2 Å². The molecule has 1 atom stereocenters. The second-order valence-electron chi connectivity index (χ2n) is 6.87. The average Bonchev–Trinajstić information content (AvgIpc) is 3.16. The fourth-order valence-corrected chi connectivity index (χ4v) is 3.14. The van der Waals surface area contributed by atoms with Crippen LogP contribution in [-0.4, -0.2) is 47.2 Å². The van der Waals surface area contributed by atoms with Crippen molar-refractivity contribution < 1.29 is 33.5 Å². The van der Waals surface area contributed by atoms with Crippen molar-refractivity contribution in [2.75, 3.05) is 14.2 Å². The smallest absolute Gasteiger partial charge is 0.466 e. The lowest BCUT2D eigenvalue weighted by molar-refractivity contribution is -0.384. The maximum absolute atomic E-state index is 12.2. The van der Waals surface area contributed by atoms with Crippen LogP contribution >= 0.6 is 0 Å². The minimum atomic E-state index is -1.25. The summed E-state index contributed by atoms with van der Waals surface area (Å²) in [6, 6.07) is 8.54. The number of hydrogen-bond donors (Lipinski definition) is 0. The van der Waals surface area contributed by atoms with Crippen LogP contribution in [0, 0.1) is 17.0 Å². The van der Waals surface area contributed by atoms with Crippen molar-refractivity contribution in [2.24, 2.45) is 0 Å². The zero-order chi connectivity index (χ0) is 23.3. The predicted octanol–water partition coefficient (Wildman–Crippen LogP) is 3.16. The van der Waals surface area contributed by atoms with E-state index in [0.29, 0.717) is 6.73 Å². The molecule has 11 heteroatoms. The highest BCUT2D eigenvalue weighted by atomic mass is 16.7. The van der Waals surface area contributed by atoms with Crippen LogP contribution in [0.15, 0.2) is 42.6 Å². The van der Waals surface area contributed by atoms with Gasteiger partial charge in [0.15, 0.2) is 0 Å². The molecule has 0 amide bonds. The van der Waals surface area contributed by atoms with Crippen LogP contribution in [0.25, 0.3) is 10.9 Å². The van der Waals surface area contributed by atoms with Gasteiger partial charge >= 0.3 is 12.1 Å². The lowest BCUT2D eigenvalue weighted by Gasteiger charge is -2.16. The van der Waals surface area contributed by atoms with Gasteiger partial charge in [-0.2, -0.15) is 5.10 Å². The number of aromatic nitrogens is 2. The molecule has 0 unspecified atom stereocenters. The van der Waals surface area contributed by atoms with Gasteiger partial charge in [0.1, 0.15) is 12.5 Å². The van der Waals surface area contributed by atoms with E-state index in [0.717, 1.165) is 22.0 Å². The summed E-state index contributed by atoms with van der Waals surface area (Å²) in [5.41, 5.74) is 2.24. The molecule has 0 aliphatic heterocycles. The molecule has 0 saturated heterocycles. The monoisotopic (exact) mass is 443 g/mol. The van der Waals surface area contributed by atoms with Crippen LogP contribution in [0.4, 0.5) is 10.5 Å². The molecule has 168 valence electrons. The number of ether oxygens (including phenoxy) is 4. The lowest BCUT2D eigenvalue weighted by Crippen LogP contribution is -2.31. The molecule has 2 aromatic carbocycles. The standard InChI is InChI=1S/C21H21N3O8/c1-13-8-14(9-15-11-23(12-29-2)22-19(13)15)10-18(20(25)30-3)32-21(26)31-17-6-4-16(5-7-17)24(27)28/h4-9,11,18H,10,12H2,1-3H3/t18-/m1/s1. The van der Waals surface area contributed by atoms with Crippen molar-refractivity contribution in [1.82, 2.24) is 9.78 Å². The number of methoxy groups -OCH3 is 2. The van der Waals surface area contributed by atoms with Gasteiger partial charge in [0.2, 0.25) is 6.10 Å². The first-order valence-electron chi connectivity index (χ1n) is 9.47. The van der Waals surface area contributed by atoms with Gasteiger partial charge in [0.05, 0.1) is 17.5 Å². The number of nitro groups is 1. The van der Waals surface area contributed by atoms with E-state index in [2.05, 4.69) is 5.10 Å². The second kappa shape index (κ2) is 9.88. The molecule has 0 aliphatic rings. The van der Waals surface area contributed by atoms with Crippen LogP contribution in [0.2, 0.25) is 0 Å². The summed E-state index contributed by atoms with van der Waals surface area (Å²) in [6.07, 6.45) is -0.531. The Hall–Kier alpha value is -3.99. The largest absolute Gasteiger partial charge is 0.514 e. The summed E-state index contributed by atoms with van der Waals surface area (Å²) in [5.74, 6) is -0.717. The van der Waals surface area contributed by atoms with E-state index in [9.17, 15) is 19.7 Å². The minimum absolute atomic E-state index is 0.0343. The third-order valence-electron chi connectivity index (χ3n) is 4.54. The number of esters is 1. The number of nitro benzene ring substituents is 1. The topological polar surface area (TPSA) is 132 Å². The summed E-state index contributed by atoms with van der Waals surface area (Å²) in [7, 11) is 2.75. The summed E-state index contributed by atoms with van der Waals surface area (Å²) in [5, 5.41) is 16.0. The summed E-state index contributed by atoms with van der Waals surface area (Å²) >= 11 is 0. The molecule has 1 aromatic heterocycles. The Morgan fingerprint density at radius 3 is 2.53 bits per heavy atom. The molecule has 3 aromatic rings.